The highest BCUT2D eigenvalue weighted by Gasteiger charge is 2.27. The van der Waals surface area contributed by atoms with Gasteiger partial charge in [0.05, 0.1) is 17.1 Å². The van der Waals surface area contributed by atoms with Crippen molar-refractivity contribution in [2.75, 3.05) is 13.6 Å². The molecule has 0 fully saturated rings. The highest BCUT2D eigenvalue weighted by Crippen LogP contribution is 2.33. The molecule has 2 aromatic rings. The normalized spacial score (nSPS) is 18.4. The molecule has 0 unspecified atom stereocenters. The van der Waals surface area contributed by atoms with Crippen molar-refractivity contribution < 1.29 is 0 Å². The third-order valence-electron chi connectivity index (χ3n) is 4.22. The summed E-state index contributed by atoms with van der Waals surface area (Å²) in [6.07, 6.45) is 5.23. The first-order valence-corrected chi connectivity index (χ1v) is 7.04. The Kier molecular flexibility index (Phi) is 2.45. The minimum atomic E-state index is 1.00. The number of aromatic nitrogens is 3. The summed E-state index contributed by atoms with van der Waals surface area (Å²) in [5.74, 6) is 0. The monoisotopic (exact) mass is 254 g/mol. The molecule has 0 radical (unpaired) electrons. The molecule has 4 heterocycles. The second-order valence-corrected chi connectivity index (χ2v) is 5.60. The molecule has 0 aliphatic carbocycles. The van der Waals surface area contributed by atoms with Gasteiger partial charge in [-0.1, -0.05) is 6.07 Å². The maximum Gasteiger partial charge on any atom is 0.0918 e. The first-order chi connectivity index (χ1) is 9.33. The molecule has 2 aromatic heterocycles. The van der Waals surface area contributed by atoms with Gasteiger partial charge in [-0.3, -0.25) is 9.67 Å². The lowest BCUT2D eigenvalue weighted by molar-refractivity contribution is 0.312. The lowest BCUT2D eigenvalue weighted by atomic mass is 10.0. The van der Waals surface area contributed by atoms with Crippen LogP contribution in [0.5, 0.6) is 0 Å². The van der Waals surface area contributed by atoms with Crippen LogP contribution in [0.15, 0.2) is 18.3 Å². The SMILES string of the molecule is CN1CCc2nn3c(c2C1)-c1ncccc1CCC3. The molecule has 0 bridgehead atoms. The summed E-state index contributed by atoms with van der Waals surface area (Å²) in [5.41, 5.74) is 6.48. The summed E-state index contributed by atoms with van der Waals surface area (Å²) in [6.45, 7) is 3.13. The van der Waals surface area contributed by atoms with Crippen LogP contribution in [0.1, 0.15) is 23.2 Å². The Morgan fingerprint density at radius 3 is 3.11 bits per heavy atom. The predicted octanol–water partition coefficient (Wildman–Crippen LogP) is 1.88. The van der Waals surface area contributed by atoms with E-state index in [4.69, 9.17) is 5.10 Å². The summed E-state index contributed by atoms with van der Waals surface area (Å²) in [7, 11) is 2.18. The van der Waals surface area contributed by atoms with Crippen LogP contribution in [0, 0.1) is 0 Å². The molecule has 98 valence electrons. The molecule has 2 aliphatic heterocycles. The molecule has 0 N–H and O–H groups in total. The van der Waals surface area contributed by atoms with Gasteiger partial charge < -0.3 is 4.90 Å². The van der Waals surface area contributed by atoms with E-state index in [1.54, 1.807) is 0 Å². The van der Waals surface area contributed by atoms with Crippen molar-refractivity contribution >= 4 is 0 Å². The van der Waals surface area contributed by atoms with E-state index >= 15 is 0 Å². The number of aryl methyl sites for hydroxylation is 2. The summed E-state index contributed by atoms with van der Waals surface area (Å²) in [6, 6.07) is 4.26. The smallest absolute Gasteiger partial charge is 0.0918 e. The van der Waals surface area contributed by atoms with E-state index in [-0.39, 0.29) is 0 Å². The van der Waals surface area contributed by atoms with Crippen LogP contribution in [0.25, 0.3) is 11.4 Å². The molecule has 0 aromatic carbocycles. The van der Waals surface area contributed by atoms with E-state index in [1.807, 2.05) is 12.3 Å². The molecule has 0 atom stereocenters. The minimum Gasteiger partial charge on any atom is -0.302 e. The van der Waals surface area contributed by atoms with Crippen molar-refractivity contribution in [3.05, 3.63) is 35.2 Å². The van der Waals surface area contributed by atoms with Crippen molar-refractivity contribution in [3.63, 3.8) is 0 Å². The van der Waals surface area contributed by atoms with Crippen LogP contribution < -0.4 is 0 Å². The van der Waals surface area contributed by atoms with Gasteiger partial charge in [0.25, 0.3) is 0 Å². The third kappa shape index (κ3) is 1.70. The Labute approximate surface area is 113 Å². The van der Waals surface area contributed by atoms with Crippen molar-refractivity contribution in [1.29, 1.82) is 0 Å². The largest absolute Gasteiger partial charge is 0.302 e. The minimum absolute atomic E-state index is 1.00. The van der Waals surface area contributed by atoms with Gasteiger partial charge in [0.15, 0.2) is 0 Å². The molecule has 0 saturated heterocycles. The molecule has 4 nitrogen and oxygen atoms in total. The van der Waals surface area contributed by atoms with Gasteiger partial charge in [-0.25, -0.2) is 0 Å². The number of pyridine rings is 1. The van der Waals surface area contributed by atoms with E-state index in [0.29, 0.717) is 0 Å². The van der Waals surface area contributed by atoms with Crippen LogP contribution in [0.4, 0.5) is 0 Å². The zero-order valence-corrected chi connectivity index (χ0v) is 11.3. The van der Waals surface area contributed by atoms with Crippen LogP contribution in [0.3, 0.4) is 0 Å². The number of fused-ring (bicyclic) bond motifs is 5. The van der Waals surface area contributed by atoms with Crippen molar-refractivity contribution in [3.8, 4) is 11.4 Å². The Morgan fingerprint density at radius 2 is 2.16 bits per heavy atom. The Bertz CT molecular complexity index is 629. The molecule has 19 heavy (non-hydrogen) atoms. The average Bonchev–Trinajstić information content (AvgIpc) is 2.66. The Morgan fingerprint density at radius 1 is 1.21 bits per heavy atom. The number of likely N-dealkylation sites (N-methyl/N-ethyl adjacent to an activating group) is 1. The molecule has 4 rings (SSSR count). The second kappa shape index (κ2) is 4.17. The molecule has 0 spiro atoms. The van der Waals surface area contributed by atoms with E-state index in [0.717, 1.165) is 44.6 Å². The lowest BCUT2D eigenvalue weighted by Gasteiger charge is -2.22. The van der Waals surface area contributed by atoms with Crippen LogP contribution in [-0.4, -0.2) is 33.3 Å². The van der Waals surface area contributed by atoms with Gasteiger partial charge in [0.2, 0.25) is 0 Å². The number of nitrogens with zero attached hydrogens (tertiary/aromatic N) is 4. The standard InChI is InChI=1S/C15H18N4/c1-18-9-6-13-12(10-18)15-14-11(4-2-7-16-14)5-3-8-19(15)17-13/h2,4,7H,3,5-6,8-10H2,1H3. The van der Waals surface area contributed by atoms with E-state index < -0.39 is 0 Å². The van der Waals surface area contributed by atoms with Crippen LogP contribution >= 0.6 is 0 Å². The Balaban J connectivity index is 1.96. The maximum absolute atomic E-state index is 4.83. The average molecular weight is 254 g/mol. The summed E-state index contributed by atoms with van der Waals surface area (Å²) in [4.78, 5) is 7.02. The van der Waals surface area contributed by atoms with E-state index in [9.17, 15) is 0 Å². The highest BCUT2D eigenvalue weighted by atomic mass is 15.3. The quantitative estimate of drug-likeness (QED) is 0.720. The van der Waals surface area contributed by atoms with Gasteiger partial charge in [0.1, 0.15) is 0 Å². The summed E-state index contributed by atoms with van der Waals surface area (Å²) in [5, 5.41) is 4.83. The molecule has 2 aliphatic rings. The van der Waals surface area contributed by atoms with E-state index in [2.05, 4.69) is 27.7 Å². The maximum atomic E-state index is 4.83. The van der Waals surface area contributed by atoms with Crippen LogP contribution in [-0.2, 0) is 25.9 Å². The fraction of sp³-hybridized carbons (Fsp3) is 0.467. The molecular weight excluding hydrogens is 236 g/mol. The second-order valence-electron chi connectivity index (χ2n) is 5.60. The lowest BCUT2D eigenvalue weighted by Crippen LogP contribution is -2.26. The fourth-order valence-electron chi connectivity index (χ4n) is 3.26. The zero-order valence-electron chi connectivity index (χ0n) is 11.3. The van der Waals surface area contributed by atoms with Crippen LogP contribution in [0.2, 0.25) is 0 Å². The first-order valence-electron chi connectivity index (χ1n) is 7.04. The first kappa shape index (κ1) is 11.2. The fourth-order valence-corrected chi connectivity index (χ4v) is 3.26. The predicted molar refractivity (Wildman–Crippen MR) is 73.8 cm³/mol. The highest BCUT2D eigenvalue weighted by molar-refractivity contribution is 5.65. The molecule has 0 saturated carbocycles. The number of rotatable bonds is 0. The molecular formula is C15H18N4. The Hall–Kier alpha value is -1.68. The molecule has 4 heteroatoms. The zero-order chi connectivity index (χ0) is 12.8. The summed E-state index contributed by atoms with van der Waals surface area (Å²) >= 11 is 0. The topological polar surface area (TPSA) is 34.0 Å². The van der Waals surface area contributed by atoms with Crippen molar-refractivity contribution in [1.82, 2.24) is 19.7 Å². The van der Waals surface area contributed by atoms with Gasteiger partial charge in [-0.15, -0.1) is 0 Å². The van der Waals surface area contributed by atoms with Crippen molar-refractivity contribution in [2.24, 2.45) is 0 Å². The third-order valence-corrected chi connectivity index (χ3v) is 4.22. The number of hydrogen-bond donors (Lipinski definition) is 0. The molecule has 0 amide bonds. The van der Waals surface area contributed by atoms with Gasteiger partial charge in [-0.2, -0.15) is 5.10 Å². The summed E-state index contributed by atoms with van der Waals surface area (Å²) < 4.78 is 2.20. The van der Waals surface area contributed by atoms with E-state index in [1.165, 1.54) is 22.5 Å². The van der Waals surface area contributed by atoms with Gasteiger partial charge in [0, 0.05) is 37.8 Å². The van der Waals surface area contributed by atoms with Gasteiger partial charge in [-0.05, 0) is 31.5 Å². The van der Waals surface area contributed by atoms with Crippen molar-refractivity contribution in [2.45, 2.75) is 32.4 Å². The van der Waals surface area contributed by atoms with Gasteiger partial charge >= 0.3 is 0 Å². The number of hydrogen-bond acceptors (Lipinski definition) is 3.